The molecule has 0 aliphatic rings. The largest absolute Gasteiger partial charge is 0.245 e. The minimum atomic E-state index is 0.286. The van der Waals surface area contributed by atoms with Crippen molar-refractivity contribution in [1.82, 2.24) is 9.78 Å². The Bertz CT molecular complexity index is 589. The van der Waals surface area contributed by atoms with Gasteiger partial charge in [0.2, 0.25) is 0 Å². The fourth-order valence-electron chi connectivity index (χ4n) is 1.45. The third kappa shape index (κ3) is 2.48. The van der Waals surface area contributed by atoms with Gasteiger partial charge in [-0.3, -0.25) is 0 Å². The number of aromatic nitrogens is 2. The second kappa shape index (κ2) is 4.85. The van der Waals surface area contributed by atoms with Crippen LogP contribution in [0.4, 0.5) is 5.82 Å². The first-order valence-electron chi connectivity index (χ1n) is 4.79. The van der Waals surface area contributed by atoms with Crippen LogP contribution in [-0.4, -0.2) is 16.5 Å². The van der Waals surface area contributed by atoms with Crippen molar-refractivity contribution in [2.45, 2.75) is 0 Å². The van der Waals surface area contributed by atoms with Crippen molar-refractivity contribution in [2.75, 3.05) is 0 Å². The number of aliphatic imine (C=N–C) groups is 1. The molecule has 3 nitrogen and oxygen atoms in total. The van der Waals surface area contributed by atoms with Crippen LogP contribution in [0, 0.1) is 0 Å². The SMILES string of the molecule is C=Nc1cc(-c2cccc(Br)c2)nn1C(=C)Cl. The van der Waals surface area contributed by atoms with E-state index in [2.05, 4.69) is 39.3 Å². The zero-order chi connectivity index (χ0) is 12.4. The van der Waals surface area contributed by atoms with Gasteiger partial charge >= 0.3 is 0 Å². The van der Waals surface area contributed by atoms with Gasteiger partial charge in [0, 0.05) is 16.1 Å². The van der Waals surface area contributed by atoms with E-state index in [4.69, 9.17) is 11.6 Å². The van der Waals surface area contributed by atoms with Gasteiger partial charge in [0.1, 0.15) is 5.16 Å². The fourth-order valence-corrected chi connectivity index (χ4v) is 1.97. The lowest BCUT2D eigenvalue weighted by atomic mass is 10.2. The molecule has 0 fully saturated rings. The highest BCUT2D eigenvalue weighted by atomic mass is 79.9. The minimum Gasteiger partial charge on any atom is -0.245 e. The molecule has 0 atom stereocenters. The van der Waals surface area contributed by atoms with Gasteiger partial charge in [-0.2, -0.15) is 5.10 Å². The molecule has 0 spiro atoms. The molecule has 17 heavy (non-hydrogen) atoms. The van der Waals surface area contributed by atoms with Crippen molar-refractivity contribution in [2.24, 2.45) is 4.99 Å². The van der Waals surface area contributed by atoms with Gasteiger partial charge in [0.15, 0.2) is 5.82 Å². The van der Waals surface area contributed by atoms with E-state index in [1.807, 2.05) is 30.3 Å². The predicted molar refractivity (Wildman–Crippen MR) is 75.8 cm³/mol. The number of hydrogen-bond donors (Lipinski definition) is 0. The van der Waals surface area contributed by atoms with Crippen molar-refractivity contribution in [3.63, 3.8) is 0 Å². The third-order valence-electron chi connectivity index (χ3n) is 2.20. The summed E-state index contributed by atoms with van der Waals surface area (Å²) in [5, 5.41) is 4.61. The second-order valence-corrected chi connectivity index (χ2v) is 4.70. The van der Waals surface area contributed by atoms with Crippen LogP contribution in [0.15, 0.2) is 46.4 Å². The van der Waals surface area contributed by atoms with Crippen LogP contribution in [0.1, 0.15) is 0 Å². The van der Waals surface area contributed by atoms with Crippen LogP contribution >= 0.6 is 27.5 Å². The second-order valence-electron chi connectivity index (χ2n) is 3.34. The van der Waals surface area contributed by atoms with E-state index < -0.39 is 0 Å². The first kappa shape index (κ1) is 12.1. The van der Waals surface area contributed by atoms with Crippen LogP contribution in [0.25, 0.3) is 16.4 Å². The van der Waals surface area contributed by atoms with Gasteiger partial charge in [-0.05, 0) is 18.9 Å². The first-order chi connectivity index (χ1) is 8.11. The molecule has 2 rings (SSSR count). The topological polar surface area (TPSA) is 30.2 Å². The molecule has 0 saturated carbocycles. The van der Waals surface area contributed by atoms with Crippen molar-refractivity contribution in [3.05, 3.63) is 41.4 Å². The molecule has 5 heteroatoms. The zero-order valence-corrected chi connectivity index (χ0v) is 11.2. The van der Waals surface area contributed by atoms with Crippen LogP contribution in [0.5, 0.6) is 0 Å². The van der Waals surface area contributed by atoms with Gasteiger partial charge in [0.25, 0.3) is 0 Å². The molecule has 0 unspecified atom stereocenters. The molecule has 0 aliphatic carbocycles. The Labute approximate surface area is 113 Å². The molecule has 86 valence electrons. The highest BCUT2D eigenvalue weighted by Crippen LogP contribution is 2.27. The minimum absolute atomic E-state index is 0.286. The maximum atomic E-state index is 5.83. The van der Waals surface area contributed by atoms with E-state index >= 15 is 0 Å². The van der Waals surface area contributed by atoms with Crippen LogP contribution in [0.2, 0.25) is 0 Å². The lowest BCUT2D eigenvalue weighted by Gasteiger charge is -1.98. The first-order valence-corrected chi connectivity index (χ1v) is 5.96. The van der Waals surface area contributed by atoms with Gasteiger partial charge in [-0.25, -0.2) is 9.67 Å². The Morgan fingerprint density at radius 2 is 2.18 bits per heavy atom. The van der Waals surface area contributed by atoms with Crippen LogP contribution in [0.3, 0.4) is 0 Å². The Balaban J connectivity index is 2.54. The van der Waals surface area contributed by atoms with Gasteiger partial charge < -0.3 is 0 Å². The molecule has 2 aromatic rings. The molecule has 0 bridgehead atoms. The lowest BCUT2D eigenvalue weighted by molar-refractivity contribution is 0.929. The summed E-state index contributed by atoms with van der Waals surface area (Å²) in [6, 6.07) is 9.63. The Kier molecular flexibility index (Phi) is 3.45. The number of halogens is 2. The molecule has 1 aromatic carbocycles. The van der Waals surface area contributed by atoms with Gasteiger partial charge in [-0.1, -0.05) is 46.2 Å². The maximum Gasteiger partial charge on any atom is 0.156 e. The normalized spacial score (nSPS) is 10.2. The summed E-state index contributed by atoms with van der Waals surface area (Å²) in [4.78, 5) is 3.85. The van der Waals surface area contributed by atoms with Crippen LogP contribution < -0.4 is 0 Å². The Morgan fingerprint density at radius 1 is 1.41 bits per heavy atom. The summed E-state index contributed by atoms with van der Waals surface area (Å²) in [6.07, 6.45) is 0. The molecule has 0 amide bonds. The van der Waals surface area contributed by atoms with E-state index in [1.165, 1.54) is 4.68 Å². The Hall–Kier alpha value is -1.39. The highest BCUT2D eigenvalue weighted by Gasteiger charge is 2.09. The average molecular weight is 311 g/mol. The van der Waals surface area contributed by atoms with Crippen molar-refractivity contribution < 1.29 is 0 Å². The standard InChI is InChI=1S/C12H9BrClN3/c1-8(14)17-12(15-2)7-11(16-17)9-4-3-5-10(13)6-9/h3-7H,1-2H2. The summed E-state index contributed by atoms with van der Waals surface area (Å²) >= 11 is 9.24. The zero-order valence-electron chi connectivity index (χ0n) is 8.90. The highest BCUT2D eigenvalue weighted by molar-refractivity contribution is 9.10. The summed E-state index contributed by atoms with van der Waals surface area (Å²) < 4.78 is 2.44. The smallest absolute Gasteiger partial charge is 0.156 e. The quantitative estimate of drug-likeness (QED) is 0.777. The number of nitrogens with zero attached hydrogens (tertiary/aromatic N) is 3. The molecule has 0 radical (unpaired) electrons. The molecule has 0 aliphatic heterocycles. The van der Waals surface area contributed by atoms with E-state index in [-0.39, 0.29) is 5.16 Å². The van der Waals surface area contributed by atoms with E-state index in [9.17, 15) is 0 Å². The van der Waals surface area contributed by atoms with E-state index in [0.717, 1.165) is 15.7 Å². The van der Waals surface area contributed by atoms with E-state index in [0.29, 0.717) is 5.82 Å². The fraction of sp³-hybridized carbons (Fsp3) is 0. The van der Waals surface area contributed by atoms with Crippen molar-refractivity contribution in [3.8, 4) is 11.3 Å². The number of hydrogen-bond acceptors (Lipinski definition) is 2. The maximum absolute atomic E-state index is 5.83. The predicted octanol–water partition coefficient (Wildman–Crippen LogP) is 4.31. The number of rotatable bonds is 3. The molecular formula is C12H9BrClN3. The average Bonchev–Trinajstić information content (AvgIpc) is 2.73. The molecule has 1 heterocycles. The summed E-state index contributed by atoms with van der Waals surface area (Å²) in [7, 11) is 0. The van der Waals surface area contributed by atoms with Gasteiger partial charge in [0.05, 0.1) is 5.69 Å². The van der Waals surface area contributed by atoms with Crippen molar-refractivity contribution in [1.29, 1.82) is 0 Å². The summed E-state index contributed by atoms with van der Waals surface area (Å²) in [6.45, 7) is 7.11. The third-order valence-corrected chi connectivity index (χ3v) is 2.86. The summed E-state index contributed by atoms with van der Waals surface area (Å²) in [5.74, 6) is 0.569. The monoisotopic (exact) mass is 309 g/mol. The summed E-state index contributed by atoms with van der Waals surface area (Å²) in [5.41, 5.74) is 1.75. The molecule has 0 N–H and O–H groups in total. The van der Waals surface area contributed by atoms with Crippen molar-refractivity contribution >= 4 is 45.2 Å². The molecule has 0 saturated heterocycles. The number of benzene rings is 1. The van der Waals surface area contributed by atoms with Gasteiger partial charge in [-0.15, -0.1) is 0 Å². The Morgan fingerprint density at radius 3 is 2.71 bits per heavy atom. The molecule has 1 aromatic heterocycles. The van der Waals surface area contributed by atoms with E-state index in [1.54, 1.807) is 0 Å². The molecular weight excluding hydrogens is 302 g/mol. The lowest BCUT2D eigenvalue weighted by Crippen LogP contribution is -1.92. The van der Waals surface area contributed by atoms with Crippen LogP contribution in [-0.2, 0) is 0 Å².